The van der Waals surface area contributed by atoms with Crippen LogP contribution >= 0.6 is 0 Å². The van der Waals surface area contributed by atoms with E-state index in [1.54, 1.807) is 0 Å². The Morgan fingerprint density at radius 2 is 2.00 bits per heavy atom. The van der Waals surface area contributed by atoms with E-state index in [9.17, 15) is 4.79 Å². The third kappa shape index (κ3) is 0.920. The maximum absolute atomic E-state index is 10.8. The molecule has 0 radical (unpaired) electrons. The molecule has 0 spiro atoms. The standard InChI is InChI=1S/C6H8O4/c1-6(5(7)8-2)9-3-4-10-6/h3-4H,1-2H3. The van der Waals surface area contributed by atoms with Gasteiger partial charge in [-0.05, 0) is 0 Å². The first kappa shape index (κ1) is 6.92. The van der Waals surface area contributed by atoms with Gasteiger partial charge in [0.25, 0.3) is 0 Å². The largest absolute Gasteiger partial charge is 0.463 e. The van der Waals surface area contributed by atoms with Crippen molar-refractivity contribution >= 4 is 5.97 Å². The minimum atomic E-state index is -1.27. The van der Waals surface area contributed by atoms with Gasteiger partial charge < -0.3 is 14.2 Å². The average Bonchev–Trinajstić information content (AvgIpc) is 2.36. The topological polar surface area (TPSA) is 44.8 Å². The van der Waals surface area contributed by atoms with Gasteiger partial charge in [-0.2, -0.15) is 0 Å². The van der Waals surface area contributed by atoms with E-state index < -0.39 is 11.8 Å². The van der Waals surface area contributed by atoms with E-state index in [4.69, 9.17) is 9.47 Å². The van der Waals surface area contributed by atoms with Crippen molar-refractivity contribution in [3.8, 4) is 0 Å². The van der Waals surface area contributed by atoms with E-state index in [1.807, 2.05) is 0 Å². The van der Waals surface area contributed by atoms with Gasteiger partial charge in [-0.3, -0.25) is 0 Å². The van der Waals surface area contributed by atoms with Gasteiger partial charge in [0.1, 0.15) is 12.5 Å². The Morgan fingerprint density at radius 3 is 2.40 bits per heavy atom. The molecule has 0 aliphatic carbocycles. The summed E-state index contributed by atoms with van der Waals surface area (Å²) in [7, 11) is 1.28. The molecule has 1 aliphatic rings. The molecule has 4 nitrogen and oxygen atoms in total. The summed E-state index contributed by atoms with van der Waals surface area (Å²) in [5.41, 5.74) is 0. The summed E-state index contributed by atoms with van der Waals surface area (Å²) in [6.45, 7) is 1.48. The second-order valence-corrected chi connectivity index (χ2v) is 1.95. The third-order valence-corrected chi connectivity index (χ3v) is 1.20. The van der Waals surface area contributed by atoms with Crippen molar-refractivity contribution < 1.29 is 19.0 Å². The van der Waals surface area contributed by atoms with E-state index in [-0.39, 0.29) is 0 Å². The van der Waals surface area contributed by atoms with Crippen LogP contribution in [0.15, 0.2) is 12.5 Å². The summed E-state index contributed by atoms with van der Waals surface area (Å²) in [5.74, 6) is -1.81. The number of rotatable bonds is 1. The lowest BCUT2D eigenvalue weighted by Crippen LogP contribution is -2.37. The number of ether oxygens (including phenoxy) is 3. The number of methoxy groups -OCH3 is 1. The van der Waals surface area contributed by atoms with Gasteiger partial charge in [0.15, 0.2) is 0 Å². The van der Waals surface area contributed by atoms with Crippen LogP contribution in [0.25, 0.3) is 0 Å². The fraction of sp³-hybridized carbons (Fsp3) is 0.500. The molecule has 0 saturated heterocycles. The van der Waals surface area contributed by atoms with Crippen LogP contribution in [0.2, 0.25) is 0 Å². The smallest absolute Gasteiger partial charge is 0.392 e. The van der Waals surface area contributed by atoms with Crippen molar-refractivity contribution in [2.75, 3.05) is 7.11 Å². The van der Waals surface area contributed by atoms with Gasteiger partial charge in [0.2, 0.25) is 0 Å². The van der Waals surface area contributed by atoms with Crippen LogP contribution in [-0.2, 0) is 19.0 Å². The Hall–Kier alpha value is -1.19. The number of esters is 1. The second-order valence-electron chi connectivity index (χ2n) is 1.95. The fourth-order valence-electron chi connectivity index (χ4n) is 0.625. The molecule has 10 heavy (non-hydrogen) atoms. The molecule has 56 valence electrons. The van der Waals surface area contributed by atoms with Crippen LogP contribution in [0.1, 0.15) is 6.92 Å². The Labute approximate surface area is 58.4 Å². The molecule has 1 rings (SSSR count). The zero-order chi connectivity index (χ0) is 7.61. The van der Waals surface area contributed by atoms with Crippen molar-refractivity contribution in [1.29, 1.82) is 0 Å². The Morgan fingerprint density at radius 1 is 1.50 bits per heavy atom. The molecule has 1 aliphatic heterocycles. The molecule has 0 saturated carbocycles. The minimum absolute atomic E-state index is 0.544. The van der Waals surface area contributed by atoms with Gasteiger partial charge in [-0.15, -0.1) is 0 Å². The summed E-state index contributed by atoms with van der Waals surface area (Å²) in [5, 5.41) is 0. The number of carbonyl (C=O) groups is 1. The minimum Gasteiger partial charge on any atom is -0.463 e. The van der Waals surface area contributed by atoms with Crippen LogP contribution in [0.4, 0.5) is 0 Å². The Balaban J connectivity index is 2.61. The maximum atomic E-state index is 10.8. The average molecular weight is 144 g/mol. The highest BCUT2D eigenvalue weighted by atomic mass is 16.7. The lowest BCUT2D eigenvalue weighted by atomic mass is 10.3. The van der Waals surface area contributed by atoms with E-state index >= 15 is 0 Å². The Kier molecular flexibility index (Phi) is 1.53. The highest BCUT2D eigenvalue weighted by Gasteiger charge is 2.40. The van der Waals surface area contributed by atoms with Crippen LogP contribution in [0.5, 0.6) is 0 Å². The number of carbonyl (C=O) groups excluding carboxylic acids is 1. The highest BCUT2D eigenvalue weighted by molar-refractivity contribution is 5.77. The molecule has 0 aromatic heterocycles. The molecular weight excluding hydrogens is 136 g/mol. The zero-order valence-corrected chi connectivity index (χ0v) is 5.79. The first-order chi connectivity index (χ1) is 4.69. The number of hydrogen-bond donors (Lipinski definition) is 0. The molecule has 4 heteroatoms. The van der Waals surface area contributed by atoms with Crippen molar-refractivity contribution in [3.05, 3.63) is 12.5 Å². The van der Waals surface area contributed by atoms with Gasteiger partial charge in [-0.25, -0.2) is 4.79 Å². The van der Waals surface area contributed by atoms with E-state index in [0.29, 0.717) is 0 Å². The van der Waals surface area contributed by atoms with E-state index in [0.717, 1.165) is 0 Å². The summed E-state index contributed by atoms with van der Waals surface area (Å²) in [6.07, 6.45) is 2.60. The Bertz CT molecular complexity index is 165. The molecule has 1 heterocycles. The number of hydrogen-bond acceptors (Lipinski definition) is 4. The molecule has 0 fully saturated rings. The van der Waals surface area contributed by atoms with Gasteiger partial charge in [0, 0.05) is 6.92 Å². The van der Waals surface area contributed by atoms with Crippen molar-refractivity contribution in [3.63, 3.8) is 0 Å². The lowest BCUT2D eigenvalue weighted by molar-refractivity contribution is -0.192. The quantitative estimate of drug-likeness (QED) is 0.499. The first-order valence-corrected chi connectivity index (χ1v) is 2.78. The van der Waals surface area contributed by atoms with Crippen molar-refractivity contribution in [1.82, 2.24) is 0 Å². The third-order valence-electron chi connectivity index (χ3n) is 1.20. The summed E-state index contributed by atoms with van der Waals surface area (Å²) >= 11 is 0. The van der Waals surface area contributed by atoms with E-state index in [1.165, 1.54) is 26.6 Å². The second kappa shape index (κ2) is 2.21. The van der Waals surface area contributed by atoms with Crippen molar-refractivity contribution in [2.45, 2.75) is 12.7 Å². The molecule has 0 aromatic carbocycles. The first-order valence-electron chi connectivity index (χ1n) is 2.78. The predicted octanol–water partition coefficient (Wildman–Crippen LogP) is 0.394. The van der Waals surface area contributed by atoms with Crippen LogP contribution in [0.3, 0.4) is 0 Å². The molecule has 0 aromatic rings. The monoisotopic (exact) mass is 144 g/mol. The lowest BCUT2D eigenvalue weighted by Gasteiger charge is -2.18. The van der Waals surface area contributed by atoms with Crippen LogP contribution in [0, 0.1) is 0 Å². The zero-order valence-electron chi connectivity index (χ0n) is 5.79. The summed E-state index contributed by atoms with van der Waals surface area (Å²) < 4.78 is 14.0. The van der Waals surface area contributed by atoms with Crippen molar-refractivity contribution in [2.24, 2.45) is 0 Å². The molecule has 0 atom stereocenters. The SMILES string of the molecule is COC(=O)C1(C)OC=CO1. The molecule has 0 N–H and O–H groups in total. The molecular formula is C6H8O4. The van der Waals surface area contributed by atoms with Gasteiger partial charge in [0.05, 0.1) is 7.11 Å². The fourth-order valence-corrected chi connectivity index (χ4v) is 0.625. The van der Waals surface area contributed by atoms with Gasteiger partial charge in [-0.1, -0.05) is 0 Å². The molecule has 0 bridgehead atoms. The van der Waals surface area contributed by atoms with E-state index in [2.05, 4.69) is 4.74 Å². The van der Waals surface area contributed by atoms with Gasteiger partial charge >= 0.3 is 11.8 Å². The summed E-state index contributed by atoms with van der Waals surface area (Å²) in [6, 6.07) is 0. The normalized spacial score (nSPS) is 19.4. The predicted molar refractivity (Wildman–Crippen MR) is 31.7 cm³/mol. The van der Waals surface area contributed by atoms with Crippen LogP contribution in [-0.4, -0.2) is 18.9 Å². The molecule has 0 amide bonds. The summed E-state index contributed by atoms with van der Waals surface area (Å²) in [4.78, 5) is 10.8. The van der Waals surface area contributed by atoms with Crippen LogP contribution < -0.4 is 0 Å². The highest BCUT2D eigenvalue weighted by Crippen LogP contribution is 2.20. The maximum Gasteiger partial charge on any atom is 0.392 e. The molecule has 0 unspecified atom stereocenters.